The predicted molar refractivity (Wildman–Crippen MR) is 82.4 cm³/mol. The number of carbonyl (C=O) groups is 1. The number of benzene rings is 2. The van der Waals surface area contributed by atoms with Gasteiger partial charge >= 0.3 is 0 Å². The molecule has 0 unspecified atom stereocenters. The lowest BCUT2D eigenvalue weighted by atomic mass is 10.0. The summed E-state index contributed by atoms with van der Waals surface area (Å²) in [4.78, 5) is 15.9. The maximum absolute atomic E-state index is 12.6. The van der Waals surface area contributed by atoms with E-state index in [1.165, 1.54) is 5.56 Å². The van der Waals surface area contributed by atoms with Crippen LogP contribution in [-0.2, 0) is 0 Å². The highest BCUT2D eigenvalue weighted by atomic mass is 16.1. The largest absolute Gasteiger partial charge is 0.352 e. The zero-order valence-corrected chi connectivity index (χ0v) is 11.9. The molecule has 20 heavy (non-hydrogen) atoms. The molecule has 0 bridgehead atoms. The Morgan fingerprint density at radius 2 is 1.60 bits per heavy atom. The Balaban J connectivity index is 2.10. The number of nitrogens with one attached hydrogen (secondary N) is 1. The van der Waals surface area contributed by atoms with Gasteiger partial charge in [0, 0.05) is 16.5 Å². The first-order chi connectivity index (χ1) is 9.54. The van der Waals surface area contributed by atoms with Crippen LogP contribution in [0.2, 0.25) is 0 Å². The summed E-state index contributed by atoms with van der Waals surface area (Å²) in [6.45, 7) is 6.03. The Bertz CT molecular complexity index is 811. The first-order valence-electron chi connectivity index (χ1n) is 6.76. The van der Waals surface area contributed by atoms with Gasteiger partial charge in [-0.2, -0.15) is 0 Å². The molecule has 0 aliphatic carbocycles. The van der Waals surface area contributed by atoms with Gasteiger partial charge in [-0.15, -0.1) is 0 Å². The molecule has 3 aromatic rings. The number of H-pyrrole nitrogens is 1. The summed E-state index contributed by atoms with van der Waals surface area (Å²) < 4.78 is 0. The number of ketones is 1. The van der Waals surface area contributed by atoms with Crippen LogP contribution in [0.4, 0.5) is 0 Å². The van der Waals surface area contributed by atoms with E-state index >= 15 is 0 Å². The van der Waals surface area contributed by atoms with Crippen molar-refractivity contribution in [1.82, 2.24) is 4.98 Å². The van der Waals surface area contributed by atoms with Crippen molar-refractivity contribution in [2.45, 2.75) is 20.8 Å². The van der Waals surface area contributed by atoms with Crippen LogP contribution in [0.3, 0.4) is 0 Å². The Morgan fingerprint density at radius 3 is 2.40 bits per heavy atom. The average Bonchev–Trinajstić information content (AvgIpc) is 2.83. The molecule has 1 N–H and O–H groups in total. The fourth-order valence-corrected chi connectivity index (χ4v) is 2.50. The summed E-state index contributed by atoms with van der Waals surface area (Å²) >= 11 is 0. The second kappa shape index (κ2) is 4.64. The molecule has 0 atom stereocenters. The highest BCUT2D eigenvalue weighted by Crippen LogP contribution is 2.21. The van der Waals surface area contributed by atoms with Gasteiger partial charge in [-0.1, -0.05) is 29.3 Å². The van der Waals surface area contributed by atoms with Gasteiger partial charge in [0.15, 0.2) is 0 Å². The van der Waals surface area contributed by atoms with Gasteiger partial charge in [0.25, 0.3) is 0 Å². The number of hydrogen-bond donors (Lipinski definition) is 1. The molecule has 0 amide bonds. The van der Waals surface area contributed by atoms with Crippen LogP contribution in [0, 0.1) is 20.8 Å². The lowest BCUT2D eigenvalue weighted by Gasteiger charge is -2.04. The first-order valence-corrected chi connectivity index (χ1v) is 6.76. The third kappa shape index (κ3) is 2.14. The molecule has 2 heteroatoms. The number of rotatable bonds is 2. The highest BCUT2D eigenvalue weighted by Gasteiger charge is 2.14. The van der Waals surface area contributed by atoms with Crippen LogP contribution in [0.25, 0.3) is 10.9 Å². The number of aromatic amines is 1. The van der Waals surface area contributed by atoms with Crippen LogP contribution in [-0.4, -0.2) is 10.8 Å². The first kappa shape index (κ1) is 12.7. The van der Waals surface area contributed by atoms with Crippen molar-refractivity contribution < 1.29 is 4.79 Å². The standard InChI is InChI=1S/C18H17NO/c1-11-5-7-16-14(8-11)10-17(19-16)18(20)15-9-12(2)4-6-13(15)3/h4-10,19H,1-3H3. The topological polar surface area (TPSA) is 32.9 Å². The number of fused-ring (bicyclic) bond motifs is 1. The van der Waals surface area contributed by atoms with Crippen molar-refractivity contribution in [3.05, 3.63) is 70.4 Å². The molecule has 0 saturated heterocycles. The van der Waals surface area contributed by atoms with Crippen LogP contribution < -0.4 is 0 Å². The lowest BCUT2D eigenvalue weighted by molar-refractivity contribution is 0.103. The van der Waals surface area contributed by atoms with Crippen LogP contribution >= 0.6 is 0 Å². The summed E-state index contributed by atoms with van der Waals surface area (Å²) in [6, 6.07) is 14.1. The fraction of sp³-hybridized carbons (Fsp3) is 0.167. The number of hydrogen-bond acceptors (Lipinski definition) is 1. The van der Waals surface area contributed by atoms with E-state index in [2.05, 4.69) is 18.0 Å². The van der Waals surface area contributed by atoms with E-state index in [4.69, 9.17) is 0 Å². The van der Waals surface area contributed by atoms with Crippen molar-refractivity contribution in [1.29, 1.82) is 0 Å². The van der Waals surface area contributed by atoms with Crippen LogP contribution in [0.5, 0.6) is 0 Å². The Labute approximate surface area is 118 Å². The average molecular weight is 263 g/mol. The molecule has 0 aliphatic heterocycles. The van der Waals surface area contributed by atoms with Gasteiger partial charge in [0.05, 0.1) is 5.69 Å². The van der Waals surface area contributed by atoms with Gasteiger partial charge < -0.3 is 4.98 Å². The molecule has 0 saturated carbocycles. The fourth-order valence-electron chi connectivity index (χ4n) is 2.50. The van der Waals surface area contributed by atoms with E-state index in [-0.39, 0.29) is 5.78 Å². The Kier molecular flexibility index (Phi) is 2.94. The number of aromatic nitrogens is 1. The van der Waals surface area contributed by atoms with E-state index < -0.39 is 0 Å². The molecular formula is C18H17NO. The van der Waals surface area contributed by atoms with E-state index in [9.17, 15) is 4.79 Å². The number of aryl methyl sites for hydroxylation is 3. The van der Waals surface area contributed by atoms with Gasteiger partial charge in [-0.05, 0) is 50.6 Å². The molecule has 2 aromatic carbocycles. The molecule has 1 heterocycles. The molecule has 0 spiro atoms. The van der Waals surface area contributed by atoms with Crippen molar-refractivity contribution >= 4 is 16.7 Å². The molecular weight excluding hydrogens is 246 g/mol. The summed E-state index contributed by atoms with van der Waals surface area (Å²) in [5.74, 6) is 0.0556. The van der Waals surface area contributed by atoms with E-state index in [0.717, 1.165) is 27.6 Å². The van der Waals surface area contributed by atoms with Gasteiger partial charge in [0.1, 0.15) is 0 Å². The Morgan fingerprint density at radius 1 is 0.900 bits per heavy atom. The molecule has 1 aromatic heterocycles. The van der Waals surface area contributed by atoms with Gasteiger partial charge in [0.2, 0.25) is 5.78 Å². The zero-order chi connectivity index (χ0) is 14.3. The normalized spacial score (nSPS) is 10.9. The molecule has 100 valence electrons. The van der Waals surface area contributed by atoms with E-state index in [1.54, 1.807) is 0 Å². The van der Waals surface area contributed by atoms with Gasteiger partial charge in [-0.3, -0.25) is 4.79 Å². The molecule has 2 nitrogen and oxygen atoms in total. The summed E-state index contributed by atoms with van der Waals surface area (Å²) in [5.41, 5.74) is 5.74. The molecule has 3 rings (SSSR count). The van der Waals surface area contributed by atoms with Crippen molar-refractivity contribution in [3.63, 3.8) is 0 Å². The smallest absolute Gasteiger partial charge is 0.209 e. The minimum atomic E-state index is 0.0556. The highest BCUT2D eigenvalue weighted by molar-refractivity contribution is 6.11. The monoisotopic (exact) mass is 263 g/mol. The van der Waals surface area contributed by atoms with Gasteiger partial charge in [-0.25, -0.2) is 0 Å². The third-order valence-electron chi connectivity index (χ3n) is 3.66. The Hall–Kier alpha value is -2.35. The number of carbonyl (C=O) groups excluding carboxylic acids is 1. The summed E-state index contributed by atoms with van der Waals surface area (Å²) in [5, 5.41) is 1.08. The maximum atomic E-state index is 12.6. The quantitative estimate of drug-likeness (QED) is 0.686. The van der Waals surface area contributed by atoms with Crippen molar-refractivity contribution in [3.8, 4) is 0 Å². The summed E-state index contributed by atoms with van der Waals surface area (Å²) in [7, 11) is 0. The van der Waals surface area contributed by atoms with Crippen molar-refractivity contribution in [2.24, 2.45) is 0 Å². The van der Waals surface area contributed by atoms with E-state index in [1.807, 2.05) is 50.2 Å². The third-order valence-corrected chi connectivity index (χ3v) is 3.66. The minimum absolute atomic E-state index is 0.0556. The lowest BCUT2D eigenvalue weighted by Crippen LogP contribution is -2.04. The second-order valence-corrected chi connectivity index (χ2v) is 5.42. The molecule has 0 aliphatic rings. The van der Waals surface area contributed by atoms with E-state index in [0.29, 0.717) is 5.69 Å². The van der Waals surface area contributed by atoms with Crippen LogP contribution in [0.15, 0.2) is 42.5 Å². The zero-order valence-electron chi connectivity index (χ0n) is 11.9. The van der Waals surface area contributed by atoms with Crippen LogP contribution in [0.1, 0.15) is 32.7 Å². The van der Waals surface area contributed by atoms with Crippen molar-refractivity contribution in [2.75, 3.05) is 0 Å². The second-order valence-electron chi connectivity index (χ2n) is 5.42. The predicted octanol–water partition coefficient (Wildman–Crippen LogP) is 4.32. The summed E-state index contributed by atoms with van der Waals surface area (Å²) in [6.07, 6.45) is 0. The minimum Gasteiger partial charge on any atom is -0.352 e. The SMILES string of the molecule is Cc1ccc(C)c(C(=O)c2cc3cc(C)ccc3[nH]2)c1. The maximum Gasteiger partial charge on any atom is 0.209 e. The molecule has 0 radical (unpaired) electrons. The molecule has 0 fully saturated rings.